The molecule has 1 aromatic carbocycles. The number of aryl methyl sites for hydroxylation is 1. The van der Waals surface area contributed by atoms with E-state index in [1.165, 1.54) is 24.3 Å². The van der Waals surface area contributed by atoms with Crippen molar-refractivity contribution in [2.24, 2.45) is 0 Å². The monoisotopic (exact) mass is 297 g/mol. The second-order valence-electron chi connectivity index (χ2n) is 4.48. The molecule has 1 aliphatic rings. The van der Waals surface area contributed by atoms with Crippen LogP contribution in [0.25, 0.3) is 0 Å². The molecule has 0 bridgehead atoms. The van der Waals surface area contributed by atoms with Crippen LogP contribution in [-0.2, 0) is 0 Å². The zero-order valence-corrected chi connectivity index (χ0v) is 11.9. The van der Waals surface area contributed by atoms with Gasteiger partial charge < -0.3 is 10.6 Å². The lowest BCUT2D eigenvalue weighted by atomic mass is 10.2. The lowest BCUT2D eigenvalue weighted by Gasteiger charge is -2.27. The fourth-order valence-electron chi connectivity index (χ4n) is 2.11. The summed E-state index contributed by atoms with van der Waals surface area (Å²) in [5.41, 5.74) is 2.53. The molecule has 3 nitrogen and oxygen atoms in total. The summed E-state index contributed by atoms with van der Waals surface area (Å²) in [6, 6.07) is 6.37. The molecule has 94 valence electrons. The number of nitrogens with one attached hydrogen (secondary N) is 2. The average Bonchev–Trinajstić information content (AvgIpc) is 2.33. The third-order valence-electron chi connectivity index (χ3n) is 3.14. The van der Waals surface area contributed by atoms with E-state index in [4.69, 9.17) is 0 Å². The zero-order chi connectivity index (χ0) is 12.1. The van der Waals surface area contributed by atoms with E-state index in [1.807, 2.05) is 0 Å². The molecule has 1 aromatic rings. The summed E-state index contributed by atoms with van der Waals surface area (Å²) >= 11 is 3.48. The SMILES string of the molecule is Cc1cc(Br)ccc1NCCN1CCNCC1. The van der Waals surface area contributed by atoms with E-state index in [1.54, 1.807) is 0 Å². The topological polar surface area (TPSA) is 27.3 Å². The molecular weight excluding hydrogens is 278 g/mol. The molecule has 0 saturated carbocycles. The normalized spacial score (nSPS) is 17.1. The summed E-state index contributed by atoms with van der Waals surface area (Å²) < 4.78 is 1.14. The summed E-state index contributed by atoms with van der Waals surface area (Å²) in [6.07, 6.45) is 0. The van der Waals surface area contributed by atoms with Gasteiger partial charge in [-0.05, 0) is 30.7 Å². The van der Waals surface area contributed by atoms with Gasteiger partial charge in [-0.2, -0.15) is 0 Å². The summed E-state index contributed by atoms with van der Waals surface area (Å²) in [7, 11) is 0. The average molecular weight is 298 g/mol. The standard InChI is InChI=1S/C13H20BrN3/c1-11-10-12(14)2-3-13(11)16-6-9-17-7-4-15-5-8-17/h2-3,10,15-16H,4-9H2,1H3. The number of hydrogen-bond donors (Lipinski definition) is 2. The molecule has 0 unspecified atom stereocenters. The Morgan fingerprint density at radius 2 is 2.12 bits per heavy atom. The Labute approximate surface area is 112 Å². The third kappa shape index (κ3) is 3.98. The van der Waals surface area contributed by atoms with Crippen LogP contribution in [-0.4, -0.2) is 44.2 Å². The van der Waals surface area contributed by atoms with Gasteiger partial charge in [-0.15, -0.1) is 0 Å². The van der Waals surface area contributed by atoms with Crippen molar-refractivity contribution in [3.05, 3.63) is 28.2 Å². The number of benzene rings is 1. The molecule has 2 rings (SSSR count). The first-order valence-corrected chi connectivity index (χ1v) is 6.98. The van der Waals surface area contributed by atoms with Crippen LogP contribution in [0, 0.1) is 6.92 Å². The lowest BCUT2D eigenvalue weighted by Crippen LogP contribution is -2.45. The predicted octanol–water partition coefficient (Wildman–Crippen LogP) is 2.07. The highest BCUT2D eigenvalue weighted by Gasteiger charge is 2.08. The Kier molecular flexibility index (Phi) is 4.83. The highest BCUT2D eigenvalue weighted by atomic mass is 79.9. The number of hydrogen-bond acceptors (Lipinski definition) is 3. The van der Waals surface area contributed by atoms with Gasteiger partial charge in [0.2, 0.25) is 0 Å². The first kappa shape index (κ1) is 12.9. The van der Waals surface area contributed by atoms with E-state index in [-0.39, 0.29) is 0 Å². The van der Waals surface area contributed by atoms with Gasteiger partial charge in [-0.1, -0.05) is 15.9 Å². The number of nitrogens with zero attached hydrogens (tertiary/aromatic N) is 1. The molecule has 0 amide bonds. The van der Waals surface area contributed by atoms with Crippen LogP contribution in [0.5, 0.6) is 0 Å². The molecule has 17 heavy (non-hydrogen) atoms. The maximum atomic E-state index is 3.50. The van der Waals surface area contributed by atoms with Gasteiger partial charge in [-0.3, -0.25) is 4.90 Å². The third-order valence-corrected chi connectivity index (χ3v) is 3.63. The molecular formula is C13H20BrN3. The summed E-state index contributed by atoms with van der Waals surface area (Å²) in [5, 5.41) is 6.88. The fraction of sp³-hybridized carbons (Fsp3) is 0.538. The van der Waals surface area contributed by atoms with Crippen molar-refractivity contribution < 1.29 is 0 Å². The van der Waals surface area contributed by atoms with Crippen molar-refractivity contribution in [3.8, 4) is 0 Å². The van der Waals surface area contributed by atoms with Crippen molar-refractivity contribution in [2.45, 2.75) is 6.92 Å². The van der Waals surface area contributed by atoms with Crippen LogP contribution in [0.4, 0.5) is 5.69 Å². The lowest BCUT2D eigenvalue weighted by molar-refractivity contribution is 0.249. The highest BCUT2D eigenvalue weighted by Crippen LogP contribution is 2.19. The quantitative estimate of drug-likeness (QED) is 0.891. The minimum Gasteiger partial charge on any atom is -0.384 e. The van der Waals surface area contributed by atoms with Crippen LogP contribution in [0.2, 0.25) is 0 Å². The largest absolute Gasteiger partial charge is 0.384 e. The number of halogens is 1. The maximum Gasteiger partial charge on any atom is 0.0371 e. The highest BCUT2D eigenvalue weighted by molar-refractivity contribution is 9.10. The minimum atomic E-state index is 1.02. The van der Waals surface area contributed by atoms with Crippen LogP contribution in [0.3, 0.4) is 0 Å². The van der Waals surface area contributed by atoms with Gasteiger partial charge in [0, 0.05) is 49.4 Å². The Morgan fingerprint density at radius 1 is 1.35 bits per heavy atom. The molecule has 4 heteroatoms. The number of piperazine rings is 1. The van der Waals surface area contributed by atoms with Gasteiger partial charge in [0.25, 0.3) is 0 Å². The van der Waals surface area contributed by atoms with Crippen LogP contribution < -0.4 is 10.6 Å². The smallest absolute Gasteiger partial charge is 0.0371 e. The number of rotatable bonds is 4. The van der Waals surface area contributed by atoms with E-state index in [0.29, 0.717) is 0 Å². The van der Waals surface area contributed by atoms with E-state index in [2.05, 4.69) is 56.6 Å². The molecule has 1 fully saturated rings. The van der Waals surface area contributed by atoms with Crippen molar-refractivity contribution in [3.63, 3.8) is 0 Å². The number of anilines is 1. The van der Waals surface area contributed by atoms with Gasteiger partial charge in [0.1, 0.15) is 0 Å². The van der Waals surface area contributed by atoms with Crippen LogP contribution >= 0.6 is 15.9 Å². The fourth-order valence-corrected chi connectivity index (χ4v) is 2.58. The van der Waals surface area contributed by atoms with Crippen molar-refractivity contribution in [2.75, 3.05) is 44.6 Å². The van der Waals surface area contributed by atoms with E-state index in [0.717, 1.165) is 30.7 Å². The summed E-state index contributed by atoms with van der Waals surface area (Å²) in [4.78, 5) is 2.50. The molecule has 0 atom stereocenters. The van der Waals surface area contributed by atoms with Crippen molar-refractivity contribution in [1.29, 1.82) is 0 Å². The molecule has 1 aliphatic heterocycles. The first-order valence-electron chi connectivity index (χ1n) is 6.19. The second-order valence-corrected chi connectivity index (χ2v) is 5.39. The van der Waals surface area contributed by atoms with E-state index in [9.17, 15) is 0 Å². The maximum absolute atomic E-state index is 3.50. The van der Waals surface area contributed by atoms with Gasteiger partial charge in [0.05, 0.1) is 0 Å². The summed E-state index contributed by atoms with van der Waals surface area (Å²) in [5.74, 6) is 0. The molecule has 2 N–H and O–H groups in total. The predicted molar refractivity (Wildman–Crippen MR) is 76.7 cm³/mol. The Balaban J connectivity index is 1.77. The van der Waals surface area contributed by atoms with E-state index < -0.39 is 0 Å². The van der Waals surface area contributed by atoms with Crippen LogP contribution in [0.15, 0.2) is 22.7 Å². The first-order chi connectivity index (χ1) is 8.25. The van der Waals surface area contributed by atoms with Crippen LogP contribution in [0.1, 0.15) is 5.56 Å². The molecule has 0 radical (unpaired) electrons. The zero-order valence-electron chi connectivity index (χ0n) is 10.3. The molecule has 1 saturated heterocycles. The molecule has 0 aromatic heterocycles. The van der Waals surface area contributed by atoms with Crippen molar-refractivity contribution >= 4 is 21.6 Å². The second kappa shape index (κ2) is 6.38. The van der Waals surface area contributed by atoms with E-state index >= 15 is 0 Å². The molecule has 1 heterocycles. The molecule has 0 aliphatic carbocycles. The van der Waals surface area contributed by atoms with Gasteiger partial charge in [-0.25, -0.2) is 0 Å². The van der Waals surface area contributed by atoms with Crippen molar-refractivity contribution in [1.82, 2.24) is 10.2 Å². The summed E-state index contributed by atoms with van der Waals surface area (Å²) in [6.45, 7) is 8.86. The Morgan fingerprint density at radius 3 is 2.82 bits per heavy atom. The minimum absolute atomic E-state index is 1.02. The Hall–Kier alpha value is -0.580. The Bertz CT molecular complexity index is 362. The van der Waals surface area contributed by atoms with Gasteiger partial charge in [0.15, 0.2) is 0 Å². The van der Waals surface area contributed by atoms with Gasteiger partial charge >= 0.3 is 0 Å². The molecule has 0 spiro atoms.